The molecule has 0 aliphatic carbocycles. The van der Waals surface area contributed by atoms with Crippen molar-refractivity contribution in [2.75, 3.05) is 19.1 Å². The first kappa shape index (κ1) is 13.9. The predicted molar refractivity (Wildman–Crippen MR) is 63.7 cm³/mol. The highest BCUT2D eigenvalue weighted by molar-refractivity contribution is 6.17. The molecule has 0 aromatic heterocycles. The Morgan fingerprint density at radius 1 is 1.35 bits per heavy atom. The molecule has 0 saturated heterocycles. The van der Waals surface area contributed by atoms with Gasteiger partial charge in [-0.2, -0.15) is 5.26 Å². The van der Waals surface area contributed by atoms with Crippen molar-refractivity contribution < 1.29 is 14.9 Å². The van der Waals surface area contributed by atoms with E-state index in [4.69, 9.17) is 26.7 Å². The average molecular weight is 256 g/mol. The number of hydrogen-bond acceptors (Lipinski definition) is 4. The number of nitriles is 1. The van der Waals surface area contributed by atoms with Gasteiger partial charge in [0.05, 0.1) is 24.8 Å². The highest BCUT2D eigenvalue weighted by Crippen LogP contribution is 2.19. The Morgan fingerprint density at radius 2 is 2.00 bits per heavy atom. The van der Waals surface area contributed by atoms with Gasteiger partial charge in [-0.25, -0.2) is 0 Å². The third-order valence-corrected chi connectivity index (χ3v) is 2.48. The second-order valence-electron chi connectivity index (χ2n) is 3.46. The number of rotatable bonds is 6. The fraction of sp³-hybridized carbons (Fsp3) is 0.417. The molecule has 0 bridgehead atoms. The van der Waals surface area contributed by atoms with Crippen LogP contribution in [0.3, 0.4) is 0 Å². The number of halogens is 1. The van der Waals surface area contributed by atoms with E-state index < -0.39 is 12.2 Å². The zero-order valence-corrected chi connectivity index (χ0v) is 9.97. The van der Waals surface area contributed by atoms with Crippen LogP contribution in [0, 0.1) is 11.3 Å². The molecule has 0 unspecified atom stereocenters. The molecule has 0 saturated carbocycles. The Morgan fingerprint density at radius 3 is 2.47 bits per heavy atom. The van der Waals surface area contributed by atoms with Crippen LogP contribution in [-0.2, 0) is 4.74 Å². The minimum Gasteiger partial charge on any atom is -0.394 e. The minimum atomic E-state index is -0.934. The number of alkyl halides is 1. The molecule has 92 valence electrons. The molecule has 17 heavy (non-hydrogen) atoms. The molecule has 5 heteroatoms. The van der Waals surface area contributed by atoms with Gasteiger partial charge in [0.25, 0.3) is 0 Å². The maximum atomic E-state index is 9.96. The molecule has 2 N–H and O–H groups in total. The van der Waals surface area contributed by atoms with E-state index in [1.54, 1.807) is 24.3 Å². The van der Waals surface area contributed by atoms with Crippen LogP contribution in [-0.4, -0.2) is 35.4 Å². The summed E-state index contributed by atoms with van der Waals surface area (Å²) in [6, 6.07) is 8.47. The molecule has 2 atom stereocenters. The van der Waals surface area contributed by atoms with E-state index in [0.717, 1.165) is 0 Å². The monoisotopic (exact) mass is 255 g/mol. The molecule has 0 fully saturated rings. The summed E-state index contributed by atoms with van der Waals surface area (Å²) in [7, 11) is 0. The van der Waals surface area contributed by atoms with Gasteiger partial charge < -0.3 is 14.9 Å². The van der Waals surface area contributed by atoms with Gasteiger partial charge in [-0.15, -0.1) is 11.6 Å². The highest BCUT2D eigenvalue weighted by atomic mass is 35.5. The molecule has 1 aromatic carbocycles. The lowest BCUT2D eigenvalue weighted by Crippen LogP contribution is -2.27. The van der Waals surface area contributed by atoms with Crippen molar-refractivity contribution in [2.45, 2.75) is 12.2 Å². The van der Waals surface area contributed by atoms with Crippen LogP contribution in [0.1, 0.15) is 17.2 Å². The fourth-order valence-corrected chi connectivity index (χ4v) is 1.50. The van der Waals surface area contributed by atoms with E-state index in [-0.39, 0.29) is 13.2 Å². The Kier molecular flexibility index (Phi) is 5.95. The summed E-state index contributed by atoms with van der Waals surface area (Å²) in [5, 5.41) is 27.7. The maximum Gasteiger partial charge on any atom is 0.111 e. The number of aliphatic hydroxyl groups is 2. The summed E-state index contributed by atoms with van der Waals surface area (Å²) in [4.78, 5) is 0. The number of ether oxygens (including phenoxy) is 1. The lowest BCUT2D eigenvalue weighted by atomic mass is 10.0. The molecule has 0 spiro atoms. The van der Waals surface area contributed by atoms with E-state index >= 15 is 0 Å². The smallest absolute Gasteiger partial charge is 0.111 e. The Balaban J connectivity index is 2.72. The maximum absolute atomic E-state index is 9.96. The minimum absolute atomic E-state index is 0.264. The number of benzene rings is 1. The topological polar surface area (TPSA) is 73.5 Å². The van der Waals surface area contributed by atoms with Crippen LogP contribution in [0.4, 0.5) is 0 Å². The normalized spacial score (nSPS) is 14.0. The first-order chi connectivity index (χ1) is 8.22. The quantitative estimate of drug-likeness (QED) is 0.750. The van der Waals surface area contributed by atoms with Gasteiger partial charge in [-0.1, -0.05) is 12.1 Å². The zero-order valence-electron chi connectivity index (χ0n) is 9.21. The van der Waals surface area contributed by atoms with E-state index in [9.17, 15) is 5.11 Å². The van der Waals surface area contributed by atoms with Crippen molar-refractivity contribution in [3.8, 4) is 6.07 Å². The first-order valence-electron chi connectivity index (χ1n) is 5.19. The molecular weight excluding hydrogens is 242 g/mol. The van der Waals surface area contributed by atoms with E-state index in [1.807, 2.05) is 6.07 Å². The molecular formula is C12H14ClNO3. The first-order valence-corrected chi connectivity index (χ1v) is 5.73. The standard InChI is InChI=1S/C12H14ClNO3/c13-5-6-17-11(8-15)12(16)10-3-1-9(7-14)2-4-10/h1-4,11-12,15-16H,5-6,8H2/t11-,12+/m1/s1. The van der Waals surface area contributed by atoms with Crippen LogP contribution < -0.4 is 0 Å². The molecule has 1 aromatic rings. The van der Waals surface area contributed by atoms with Crippen LogP contribution >= 0.6 is 11.6 Å². The van der Waals surface area contributed by atoms with Gasteiger partial charge in [0.2, 0.25) is 0 Å². The van der Waals surface area contributed by atoms with Gasteiger partial charge in [-0.05, 0) is 17.7 Å². The fourth-order valence-electron chi connectivity index (χ4n) is 1.41. The van der Waals surface area contributed by atoms with E-state index in [0.29, 0.717) is 17.0 Å². The molecule has 4 nitrogen and oxygen atoms in total. The van der Waals surface area contributed by atoms with E-state index in [2.05, 4.69) is 0 Å². The van der Waals surface area contributed by atoms with Crippen molar-refractivity contribution in [2.24, 2.45) is 0 Å². The number of hydrogen-bond donors (Lipinski definition) is 2. The predicted octanol–water partition coefficient (Wildman–Crippen LogP) is 1.21. The van der Waals surface area contributed by atoms with Gasteiger partial charge in [0, 0.05) is 5.88 Å². The molecule has 0 heterocycles. The zero-order chi connectivity index (χ0) is 12.7. The lowest BCUT2D eigenvalue weighted by Gasteiger charge is -2.21. The summed E-state index contributed by atoms with van der Waals surface area (Å²) in [6.45, 7) is -0.0296. The average Bonchev–Trinajstić information content (AvgIpc) is 2.39. The van der Waals surface area contributed by atoms with E-state index in [1.165, 1.54) is 0 Å². The lowest BCUT2D eigenvalue weighted by molar-refractivity contribution is -0.0598. The summed E-state index contributed by atoms with van der Waals surface area (Å²) >= 11 is 5.47. The van der Waals surface area contributed by atoms with Gasteiger partial charge in [0.1, 0.15) is 12.2 Å². The second-order valence-corrected chi connectivity index (χ2v) is 3.84. The van der Waals surface area contributed by atoms with Gasteiger partial charge in [0.15, 0.2) is 0 Å². The van der Waals surface area contributed by atoms with Crippen LogP contribution in [0.25, 0.3) is 0 Å². The summed E-state index contributed by atoms with van der Waals surface area (Å²) < 4.78 is 5.22. The summed E-state index contributed by atoms with van der Waals surface area (Å²) in [5.74, 6) is 0.302. The van der Waals surface area contributed by atoms with Gasteiger partial charge in [-0.3, -0.25) is 0 Å². The summed E-state index contributed by atoms with van der Waals surface area (Å²) in [5.41, 5.74) is 1.11. The number of aliphatic hydroxyl groups excluding tert-OH is 2. The van der Waals surface area contributed by atoms with Crippen molar-refractivity contribution in [3.63, 3.8) is 0 Å². The number of nitrogens with zero attached hydrogens (tertiary/aromatic N) is 1. The third kappa shape index (κ3) is 3.99. The van der Waals surface area contributed by atoms with Crippen LogP contribution in [0.5, 0.6) is 0 Å². The largest absolute Gasteiger partial charge is 0.394 e. The summed E-state index contributed by atoms with van der Waals surface area (Å²) in [6.07, 6.45) is -1.64. The molecule has 1 rings (SSSR count). The molecule has 0 amide bonds. The molecule has 0 radical (unpaired) electrons. The van der Waals surface area contributed by atoms with Crippen molar-refractivity contribution >= 4 is 11.6 Å². The van der Waals surface area contributed by atoms with Gasteiger partial charge >= 0.3 is 0 Å². The van der Waals surface area contributed by atoms with Crippen molar-refractivity contribution in [1.29, 1.82) is 5.26 Å². The SMILES string of the molecule is N#Cc1ccc([C@H](O)[C@@H](CO)OCCCl)cc1. The second kappa shape index (κ2) is 7.25. The van der Waals surface area contributed by atoms with Crippen molar-refractivity contribution in [1.82, 2.24) is 0 Å². The third-order valence-electron chi connectivity index (χ3n) is 2.32. The van der Waals surface area contributed by atoms with Crippen molar-refractivity contribution in [3.05, 3.63) is 35.4 Å². The molecule has 0 aliphatic rings. The molecule has 0 aliphatic heterocycles. The Hall–Kier alpha value is -1.12. The van der Waals surface area contributed by atoms with Crippen LogP contribution in [0.15, 0.2) is 24.3 Å². The highest BCUT2D eigenvalue weighted by Gasteiger charge is 2.20. The Labute approximate surface area is 105 Å². The Bertz CT molecular complexity index is 374. The van der Waals surface area contributed by atoms with Crippen LogP contribution in [0.2, 0.25) is 0 Å².